The number of phosphoric ester groups is 1. The van der Waals surface area contributed by atoms with Gasteiger partial charge in [-0.2, -0.15) is 0 Å². The highest BCUT2D eigenvalue weighted by Gasteiger charge is 2.30. The van der Waals surface area contributed by atoms with Gasteiger partial charge < -0.3 is 19.4 Å². The van der Waals surface area contributed by atoms with E-state index in [9.17, 15) is 19.0 Å². The van der Waals surface area contributed by atoms with E-state index in [1.165, 1.54) is 193 Å². The van der Waals surface area contributed by atoms with Crippen molar-refractivity contribution in [2.24, 2.45) is 0 Å². The number of hydrogen-bond acceptors (Lipinski definition) is 6. The monoisotopic (exact) mass is 1080 g/mol. The van der Waals surface area contributed by atoms with Gasteiger partial charge in [0.25, 0.3) is 0 Å². The Bertz CT molecular complexity index is 1420. The summed E-state index contributed by atoms with van der Waals surface area (Å²) >= 11 is 0. The van der Waals surface area contributed by atoms with Crippen LogP contribution in [0, 0.1) is 0 Å². The fourth-order valence-electron chi connectivity index (χ4n) is 9.26. The molecule has 0 fully saturated rings. The van der Waals surface area contributed by atoms with Crippen molar-refractivity contribution in [3.05, 3.63) is 48.6 Å². The lowest BCUT2D eigenvalue weighted by molar-refractivity contribution is -0.870. The van der Waals surface area contributed by atoms with Gasteiger partial charge in [-0.25, -0.2) is 4.57 Å². The quantitative estimate of drug-likeness (QED) is 0.0205. The van der Waals surface area contributed by atoms with E-state index in [1.807, 2.05) is 33.3 Å². The van der Waals surface area contributed by atoms with Gasteiger partial charge in [0, 0.05) is 12.8 Å². The van der Waals surface area contributed by atoms with Gasteiger partial charge in [-0.1, -0.05) is 250 Å². The summed E-state index contributed by atoms with van der Waals surface area (Å²) < 4.78 is 30.7. The molecule has 0 spiro atoms. The minimum absolute atomic E-state index is 0.0397. The SMILES string of the molecule is CCCCC/C=C\C/C=C\CCCCCCCCCCCCCC(=O)OC(/C=C\CCCCCCCCCCCCC)C(COP(=O)(O)OCC[N+](C)(C)C)NC(=O)CCCCCCCCC/C=C\CCCCCC. The lowest BCUT2D eigenvalue weighted by Crippen LogP contribution is -2.47. The number of phosphoric acid groups is 1. The van der Waals surface area contributed by atoms with E-state index in [2.05, 4.69) is 62.5 Å². The Balaban J connectivity index is 5.22. The van der Waals surface area contributed by atoms with Crippen LogP contribution in [0.4, 0.5) is 0 Å². The number of amides is 1. The van der Waals surface area contributed by atoms with Crippen LogP contribution in [0.2, 0.25) is 0 Å². The zero-order chi connectivity index (χ0) is 55.0. The molecule has 0 bridgehead atoms. The smallest absolute Gasteiger partial charge is 0.456 e. The van der Waals surface area contributed by atoms with Gasteiger partial charge in [0.05, 0.1) is 33.8 Å². The van der Waals surface area contributed by atoms with Crippen LogP contribution < -0.4 is 5.32 Å². The van der Waals surface area contributed by atoms with E-state index in [0.717, 1.165) is 77.0 Å². The number of allylic oxidation sites excluding steroid dienone is 7. The summed E-state index contributed by atoms with van der Waals surface area (Å²) in [4.78, 5) is 37.7. The predicted octanol–water partition coefficient (Wildman–Crippen LogP) is 19.7. The molecule has 0 heterocycles. The Kier molecular flexibility index (Phi) is 53.8. The van der Waals surface area contributed by atoms with Crippen LogP contribution in [0.3, 0.4) is 0 Å². The third-order valence-electron chi connectivity index (χ3n) is 14.2. The predicted molar refractivity (Wildman–Crippen MR) is 323 cm³/mol. The minimum atomic E-state index is -4.45. The molecule has 0 radical (unpaired) electrons. The Morgan fingerprint density at radius 1 is 0.467 bits per heavy atom. The van der Waals surface area contributed by atoms with Gasteiger partial charge >= 0.3 is 13.8 Å². The summed E-state index contributed by atoms with van der Waals surface area (Å²) in [6.45, 7) is 7.00. The molecule has 3 unspecified atom stereocenters. The van der Waals surface area contributed by atoms with Gasteiger partial charge in [-0.15, -0.1) is 0 Å². The lowest BCUT2D eigenvalue weighted by Gasteiger charge is -2.27. The number of unbranched alkanes of at least 4 members (excludes halogenated alkanes) is 36. The number of quaternary nitrogens is 1. The molecule has 440 valence electrons. The highest BCUT2D eigenvalue weighted by Crippen LogP contribution is 2.43. The van der Waals surface area contributed by atoms with Gasteiger partial charge in [-0.3, -0.25) is 18.6 Å². The number of nitrogens with one attached hydrogen (secondary N) is 1. The second kappa shape index (κ2) is 55.3. The maximum absolute atomic E-state index is 13.5. The van der Waals surface area contributed by atoms with Crippen LogP contribution in [-0.4, -0.2) is 74.3 Å². The molecule has 75 heavy (non-hydrogen) atoms. The van der Waals surface area contributed by atoms with Crippen molar-refractivity contribution >= 4 is 19.7 Å². The maximum atomic E-state index is 13.5. The number of rotatable bonds is 58. The van der Waals surface area contributed by atoms with Crippen molar-refractivity contribution < 1.29 is 37.3 Å². The number of nitrogens with zero attached hydrogens (tertiary/aromatic N) is 1. The number of ether oxygens (including phenoxy) is 1. The molecule has 0 saturated carbocycles. The van der Waals surface area contributed by atoms with Crippen molar-refractivity contribution in [3.63, 3.8) is 0 Å². The van der Waals surface area contributed by atoms with E-state index < -0.39 is 20.0 Å². The summed E-state index contributed by atoms with van der Waals surface area (Å²) in [6.07, 6.45) is 68.1. The van der Waals surface area contributed by atoms with Crippen molar-refractivity contribution in [3.8, 4) is 0 Å². The Hall–Kier alpha value is -2.03. The average molecular weight is 1080 g/mol. The highest BCUT2D eigenvalue weighted by molar-refractivity contribution is 7.47. The summed E-state index contributed by atoms with van der Waals surface area (Å²) in [5.74, 6) is -0.503. The summed E-state index contributed by atoms with van der Waals surface area (Å²) in [5, 5.41) is 3.06. The molecule has 0 aromatic heterocycles. The molecule has 0 aromatic carbocycles. The van der Waals surface area contributed by atoms with Gasteiger partial charge in [0.2, 0.25) is 5.91 Å². The molecule has 0 aliphatic heterocycles. The Labute approximate surface area is 465 Å². The zero-order valence-corrected chi connectivity index (χ0v) is 51.2. The zero-order valence-electron chi connectivity index (χ0n) is 50.3. The largest absolute Gasteiger partial charge is 0.472 e. The number of likely N-dealkylation sites (N-methyl/N-ethyl adjacent to an activating group) is 1. The van der Waals surface area contributed by atoms with E-state index in [4.69, 9.17) is 13.8 Å². The molecule has 9 nitrogen and oxygen atoms in total. The standard InChI is InChI=1S/C65H123N2O7P/c1-7-10-13-16-19-22-25-28-30-31-32-33-34-35-37-40-43-46-49-52-55-58-65(69)74-63(56-53-50-47-44-41-38-27-24-21-18-15-12-9-3)62(61-73-75(70,71)72-60-59-67(4,5)6)66-64(68)57-54-51-48-45-42-39-36-29-26-23-20-17-14-11-8-2/h19,22-23,26,28,30,53,56,62-63H,7-18,20-21,24-25,27,29,31-52,54-55,57-61H2,1-6H3,(H-,66,68,70,71)/p+1/b22-19-,26-23-,30-28-,56-53-. The van der Waals surface area contributed by atoms with Gasteiger partial charge in [0.15, 0.2) is 0 Å². The second-order valence-corrected chi connectivity index (χ2v) is 24.4. The van der Waals surface area contributed by atoms with E-state index in [0.29, 0.717) is 17.4 Å². The van der Waals surface area contributed by atoms with Crippen LogP contribution in [0.1, 0.15) is 303 Å². The molecular weight excluding hydrogens is 952 g/mol. The molecule has 0 aromatic rings. The normalized spacial score (nSPS) is 14.0. The summed E-state index contributed by atoms with van der Waals surface area (Å²) in [6, 6.07) is -0.850. The third-order valence-corrected chi connectivity index (χ3v) is 15.2. The molecular formula is C65H124N2O7P+. The molecule has 0 aliphatic rings. The molecule has 1 amide bonds. The molecule has 10 heteroatoms. The molecule has 2 N–H and O–H groups in total. The van der Waals surface area contributed by atoms with Crippen LogP contribution in [0.25, 0.3) is 0 Å². The first-order valence-corrected chi connectivity index (χ1v) is 33.5. The first-order valence-electron chi connectivity index (χ1n) is 32.0. The van der Waals surface area contributed by atoms with Gasteiger partial charge in [0.1, 0.15) is 19.3 Å². The summed E-state index contributed by atoms with van der Waals surface area (Å²) in [7, 11) is 1.50. The fourth-order valence-corrected chi connectivity index (χ4v) is 10.00. The van der Waals surface area contributed by atoms with E-state index >= 15 is 0 Å². The van der Waals surface area contributed by atoms with E-state index in [-0.39, 0.29) is 31.5 Å². The molecule has 0 rings (SSSR count). The maximum Gasteiger partial charge on any atom is 0.472 e. The highest BCUT2D eigenvalue weighted by atomic mass is 31.2. The van der Waals surface area contributed by atoms with Crippen LogP contribution in [0.5, 0.6) is 0 Å². The Morgan fingerprint density at radius 3 is 1.25 bits per heavy atom. The summed E-state index contributed by atoms with van der Waals surface area (Å²) in [5.41, 5.74) is 0. The second-order valence-electron chi connectivity index (χ2n) is 22.9. The van der Waals surface area contributed by atoms with Crippen molar-refractivity contribution in [1.29, 1.82) is 0 Å². The van der Waals surface area contributed by atoms with E-state index in [1.54, 1.807) is 0 Å². The van der Waals surface area contributed by atoms with Gasteiger partial charge in [-0.05, 0) is 89.5 Å². The van der Waals surface area contributed by atoms with Crippen LogP contribution >= 0.6 is 7.82 Å². The fraction of sp³-hybridized carbons (Fsp3) is 0.846. The van der Waals surface area contributed by atoms with Crippen LogP contribution in [-0.2, 0) is 27.9 Å². The number of carbonyl (C=O) groups is 2. The molecule has 0 aliphatic carbocycles. The Morgan fingerprint density at radius 2 is 0.813 bits per heavy atom. The molecule has 3 atom stereocenters. The number of carbonyl (C=O) groups excluding carboxylic acids is 2. The minimum Gasteiger partial charge on any atom is -0.456 e. The average Bonchev–Trinajstić information content (AvgIpc) is 3.37. The first kappa shape index (κ1) is 73.0. The lowest BCUT2D eigenvalue weighted by atomic mass is 10.0. The van der Waals surface area contributed by atoms with Crippen LogP contribution in [0.15, 0.2) is 48.6 Å². The number of hydrogen-bond donors (Lipinski definition) is 2. The van der Waals surface area contributed by atoms with Crippen molar-refractivity contribution in [2.45, 2.75) is 315 Å². The van der Waals surface area contributed by atoms with Crippen molar-refractivity contribution in [1.82, 2.24) is 5.32 Å². The topological polar surface area (TPSA) is 111 Å². The molecule has 0 saturated heterocycles. The van der Waals surface area contributed by atoms with Crippen molar-refractivity contribution in [2.75, 3.05) is 40.9 Å². The first-order chi connectivity index (χ1) is 36.4. The number of esters is 1. The third kappa shape index (κ3) is 56.5.